The van der Waals surface area contributed by atoms with E-state index in [1.165, 1.54) is 11.8 Å². The first-order valence-corrected chi connectivity index (χ1v) is 7.53. The van der Waals surface area contributed by atoms with Gasteiger partial charge in [-0.25, -0.2) is 4.99 Å². The van der Waals surface area contributed by atoms with E-state index < -0.39 is 0 Å². The fourth-order valence-corrected chi connectivity index (χ4v) is 2.15. The molecular weight excluding hydrogens is 268 g/mol. The average Bonchev–Trinajstić information content (AvgIpc) is 2.53. The van der Waals surface area contributed by atoms with Crippen molar-refractivity contribution in [3.63, 3.8) is 0 Å². The van der Waals surface area contributed by atoms with Gasteiger partial charge in [0.25, 0.3) is 0 Å². The molecule has 0 heterocycles. The van der Waals surface area contributed by atoms with Crippen LogP contribution in [0.3, 0.4) is 0 Å². The van der Waals surface area contributed by atoms with E-state index in [0.717, 1.165) is 16.9 Å². The topological polar surface area (TPSA) is 47.6 Å². The molecule has 0 saturated heterocycles. The summed E-state index contributed by atoms with van der Waals surface area (Å²) in [4.78, 5) is 4.61. The summed E-state index contributed by atoms with van der Waals surface area (Å²) in [6.45, 7) is 0. The number of nitrogens with two attached hydrogens (primary N) is 1. The lowest BCUT2D eigenvalue weighted by Gasteiger charge is -2.15. The van der Waals surface area contributed by atoms with E-state index in [2.05, 4.69) is 17.1 Å². The molecule has 0 amide bonds. The zero-order valence-corrected chi connectivity index (χ0v) is 12.4. The highest BCUT2D eigenvalue weighted by atomic mass is 32.2. The van der Waals surface area contributed by atoms with Crippen LogP contribution in [-0.4, -0.2) is 18.5 Å². The zero-order chi connectivity index (χ0) is 14.4. The molecule has 0 bridgehead atoms. The lowest BCUT2D eigenvalue weighted by Crippen LogP contribution is -2.09. The van der Waals surface area contributed by atoms with Gasteiger partial charge in [-0.2, -0.15) is 0 Å². The number of amidine groups is 1. The molecule has 3 nitrogen and oxygen atoms in total. The Morgan fingerprint density at radius 3 is 2.20 bits per heavy atom. The summed E-state index contributed by atoms with van der Waals surface area (Å²) >= 11 is 1.45. The molecule has 20 heavy (non-hydrogen) atoms. The van der Waals surface area contributed by atoms with Gasteiger partial charge in [-0.05, 0) is 29.5 Å². The molecule has 0 aromatic heterocycles. The van der Waals surface area contributed by atoms with E-state index in [-0.39, 0.29) is 6.04 Å². The van der Waals surface area contributed by atoms with Crippen molar-refractivity contribution in [1.82, 2.24) is 0 Å². The summed E-state index contributed by atoms with van der Waals surface area (Å²) in [7, 11) is 1.66. The van der Waals surface area contributed by atoms with Crippen LogP contribution >= 0.6 is 11.8 Å². The van der Waals surface area contributed by atoms with Gasteiger partial charge in [0.2, 0.25) is 0 Å². The molecule has 1 atom stereocenters. The maximum atomic E-state index is 5.89. The minimum absolute atomic E-state index is 0.0884. The smallest absolute Gasteiger partial charge is 0.154 e. The third kappa shape index (κ3) is 3.54. The Morgan fingerprint density at radius 2 is 1.65 bits per heavy atom. The predicted molar refractivity (Wildman–Crippen MR) is 86.4 cm³/mol. The maximum Gasteiger partial charge on any atom is 0.154 e. The first kappa shape index (κ1) is 14.5. The molecule has 4 heteroatoms. The van der Waals surface area contributed by atoms with E-state index in [9.17, 15) is 0 Å². The Balaban J connectivity index is 2.40. The van der Waals surface area contributed by atoms with Crippen LogP contribution in [0.25, 0.3) is 0 Å². The van der Waals surface area contributed by atoms with E-state index in [1.807, 2.05) is 48.7 Å². The number of ether oxygens (including phenoxy) is 1. The molecule has 0 aliphatic rings. The normalized spacial score (nSPS) is 13.0. The van der Waals surface area contributed by atoms with Gasteiger partial charge in [0.05, 0.1) is 7.11 Å². The molecule has 2 N–H and O–H groups in total. The third-order valence-electron chi connectivity index (χ3n) is 3.01. The zero-order valence-electron chi connectivity index (χ0n) is 11.6. The highest BCUT2D eigenvalue weighted by molar-refractivity contribution is 8.13. The molecular formula is C16H18N2OS. The molecule has 0 aliphatic heterocycles. The fourth-order valence-electron chi connectivity index (χ4n) is 1.94. The fraction of sp³-hybridized carbons (Fsp3) is 0.188. The van der Waals surface area contributed by atoms with E-state index in [1.54, 1.807) is 7.11 Å². The van der Waals surface area contributed by atoms with Crippen molar-refractivity contribution in [2.75, 3.05) is 13.4 Å². The Labute approximate surface area is 123 Å². The summed E-state index contributed by atoms with van der Waals surface area (Å²) in [6, 6.07) is 18.0. The van der Waals surface area contributed by atoms with E-state index in [0.29, 0.717) is 5.17 Å². The molecule has 104 valence electrons. The molecule has 1 unspecified atom stereocenters. The number of hydrogen-bond acceptors (Lipinski definition) is 3. The summed E-state index contributed by atoms with van der Waals surface area (Å²) in [5.74, 6) is 0.836. The summed E-state index contributed by atoms with van der Waals surface area (Å²) in [6.07, 6.45) is 1.93. The molecule has 0 fully saturated rings. The van der Waals surface area contributed by atoms with Crippen molar-refractivity contribution < 1.29 is 4.74 Å². The monoisotopic (exact) mass is 286 g/mol. The van der Waals surface area contributed by atoms with Crippen LogP contribution < -0.4 is 10.5 Å². The van der Waals surface area contributed by atoms with Crippen molar-refractivity contribution in [2.45, 2.75) is 6.04 Å². The second-order valence-corrected chi connectivity index (χ2v) is 5.08. The van der Waals surface area contributed by atoms with Gasteiger partial charge < -0.3 is 10.5 Å². The minimum atomic E-state index is -0.0884. The van der Waals surface area contributed by atoms with Crippen LogP contribution in [0.15, 0.2) is 59.6 Å². The third-order valence-corrected chi connectivity index (χ3v) is 3.54. The van der Waals surface area contributed by atoms with Crippen LogP contribution in [0.5, 0.6) is 5.75 Å². The number of rotatable bonds is 4. The number of benzene rings is 2. The second-order valence-electron chi connectivity index (χ2n) is 4.26. The van der Waals surface area contributed by atoms with Gasteiger partial charge in [0.1, 0.15) is 11.8 Å². The molecule has 2 rings (SSSR count). The van der Waals surface area contributed by atoms with Crippen molar-refractivity contribution in [3.8, 4) is 5.75 Å². The first-order valence-electron chi connectivity index (χ1n) is 6.30. The van der Waals surface area contributed by atoms with Gasteiger partial charge in [-0.15, -0.1) is 0 Å². The van der Waals surface area contributed by atoms with Crippen molar-refractivity contribution in [2.24, 2.45) is 10.7 Å². The van der Waals surface area contributed by atoms with Crippen molar-refractivity contribution in [1.29, 1.82) is 0 Å². The molecule has 0 spiro atoms. The first-order chi connectivity index (χ1) is 9.74. The van der Waals surface area contributed by atoms with Gasteiger partial charge in [-0.3, -0.25) is 0 Å². The Bertz CT molecular complexity index is 567. The van der Waals surface area contributed by atoms with Crippen LogP contribution in [0.2, 0.25) is 0 Å². The van der Waals surface area contributed by atoms with Crippen molar-refractivity contribution >= 4 is 16.9 Å². The number of nitrogens with zero attached hydrogens (tertiary/aromatic N) is 1. The number of hydrogen-bond donors (Lipinski definition) is 1. The lowest BCUT2D eigenvalue weighted by atomic mass is 9.99. The highest BCUT2D eigenvalue weighted by Crippen LogP contribution is 2.28. The van der Waals surface area contributed by atoms with Crippen LogP contribution in [0, 0.1) is 0 Å². The summed E-state index contributed by atoms with van der Waals surface area (Å²) in [5.41, 5.74) is 8.10. The standard InChI is InChI=1S/C16H18N2OS/c1-19-14-10-8-13(9-11-14)15(18-16(17)20-2)12-6-4-3-5-7-12/h3-11,15H,1-2H3,(H2,17,18). The SMILES string of the molecule is COc1ccc(C(N=C(N)SC)c2ccccc2)cc1. The molecule has 0 aliphatic carbocycles. The number of methoxy groups -OCH3 is 1. The van der Waals surface area contributed by atoms with E-state index >= 15 is 0 Å². The van der Waals surface area contributed by atoms with Gasteiger partial charge >= 0.3 is 0 Å². The molecule has 0 saturated carbocycles. The Hall–Kier alpha value is -1.94. The lowest BCUT2D eigenvalue weighted by molar-refractivity contribution is 0.414. The molecule has 0 radical (unpaired) electrons. The molecule has 2 aromatic rings. The van der Waals surface area contributed by atoms with Gasteiger partial charge in [0.15, 0.2) is 5.17 Å². The van der Waals surface area contributed by atoms with Crippen LogP contribution in [0.4, 0.5) is 0 Å². The van der Waals surface area contributed by atoms with Gasteiger partial charge in [0, 0.05) is 0 Å². The summed E-state index contributed by atoms with van der Waals surface area (Å²) in [5, 5.41) is 0.578. The quantitative estimate of drug-likeness (QED) is 0.691. The largest absolute Gasteiger partial charge is 0.497 e. The number of thioether (sulfide) groups is 1. The summed E-state index contributed by atoms with van der Waals surface area (Å²) < 4.78 is 5.19. The second kappa shape index (κ2) is 7.01. The Morgan fingerprint density at radius 1 is 1.05 bits per heavy atom. The predicted octanol–water partition coefficient (Wildman–Crippen LogP) is 3.46. The van der Waals surface area contributed by atoms with Gasteiger partial charge in [-0.1, -0.05) is 54.2 Å². The molecule has 2 aromatic carbocycles. The van der Waals surface area contributed by atoms with Crippen molar-refractivity contribution in [3.05, 3.63) is 65.7 Å². The highest BCUT2D eigenvalue weighted by Gasteiger charge is 2.13. The Kier molecular flexibility index (Phi) is 5.07. The van der Waals surface area contributed by atoms with E-state index in [4.69, 9.17) is 10.5 Å². The van der Waals surface area contributed by atoms with Crippen LogP contribution in [0.1, 0.15) is 17.2 Å². The minimum Gasteiger partial charge on any atom is -0.497 e. The van der Waals surface area contributed by atoms with Crippen LogP contribution in [-0.2, 0) is 0 Å². The maximum absolute atomic E-state index is 5.89. The average molecular weight is 286 g/mol. The number of aliphatic imine (C=N–C) groups is 1.